The highest BCUT2D eigenvalue weighted by atomic mass is 16.2. The maximum Gasteiger partial charge on any atom is 0.223 e. The zero-order valence-electron chi connectivity index (χ0n) is 12.7. The molecule has 20 heavy (non-hydrogen) atoms. The standard InChI is InChI=1S/C16H25N3O/c1-16(2,3)14-12-18-9-10-19(14)15(20)7-6-13-5-4-8-17-11-13/h4-5,8,11,14,18H,6-7,9-10,12H2,1-3H3. The number of rotatable bonds is 3. The molecule has 4 nitrogen and oxygen atoms in total. The first-order valence-corrected chi connectivity index (χ1v) is 7.37. The van der Waals surface area contributed by atoms with Gasteiger partial charge in [-0.15, -0.1) is 0 Å². The average molecular weight is 275 g/mol. The lowest BCUT2D eigenvalue weighted by Crippen LogP contribution is -2.58. The number of aryl methyl sites for hydroxylation is 1. The van der Waals surface area contributed by atoms with Crippen LogP contribution in [0.2, 0.25) is 0 Å². The number of pyridine rings is 1. The number of aromatic nitrogens is 1. The molecule has 1 N–H and O–H groups in total. The largest absolute Gasteiger partial charge is 0.337 e. The van der Waals surface area contributed by atoms with Crippen LogP contribution in [0.25, 0.3) is 0 Å². The highest BCUT2D eigenvalue weighted by molar-refractivity contribution is 5.77. The fourth-order valence-electron chi connectivity index (χ4n) is 2.72. The van der Waals surface area contributed by atoms with Crippen LogP contribution >= 0.6 is 0 Å². The van der Waals surface area contributed by atoms with Crippen molar-refractivity contribution in [1.29, 1.82) is 0 Å². The van der Waals surface area contributed by atoms with Gasteiger partial charge >= 0.3 is 0 Å². The molecule has 0 aliphatic carbocycles. The van der Waals surface area contributed by atoms with E-state index in [0.29, 0.717) is 6.42 Å². The summed E-state index contributed by atoms with van der Waals surface area (Å²) >= 11 is 0. The molecule has 0 aromatic carbocycles. The van der Waals surface area contributed by atoms with Crippen molar-refractivity contribution in [3.63, 3.8) is 0 Å². The zero-order valence-corrected chi connectivity index (χ0v) is 12.7. The molecule has 1 aromatic heterocycles. The van der Waals surface area contributed by atoms with Crippen molar-refractivity contribution in [2.75, 3.05) is 19.6 Å². The fraction of sp³-hybridized carbons (Fsp3) is 0.625. The van der Waals surface area contributed by atoms with Crippen LogP contribution in [0.4, 0.5) is 0 Å². The molecule has 0 radical (unpaired) electrons. The molecule has 1 amide bonds. The van der Waals surface area contributed by atoms with Gasteiger partial charge in [0.1, 0.15) is 0 Å². The van der Waals surface area contributed by atoms with Gasteiger partial charge in [-0.2, -0.15) is 0 Å². The van der Waals surface area contributed by atoms with E-state index in [-0.39, 0.29) is 17.4 Å². The summed E-state index contributed by atoms with van der Waals surface area (Å²) in [4.78, 5) is 18.7. The summed E-state index contributed by atoms with van der Waals surface area (Å²) in [5.74, 6) is 0.260. The molecule has 1 unspecified atom stereocenters. The Morgan fingerprint density at radius 3 is 2.95 bits per heavy atom. The maximum atomic E-state index is 12.5. The van der Waals surface area contributed by atoms with Crippen LogP contribution in [0.5, 0.6) is 0 Å². The molecule has 2 rings (SSSR count). The van der Waals surface area contributed by atoms with Gasteiger partial charge in [-0.3, -0.25) is 9.78 Å². The van der Waals surface area contributed by atoms with Gasteiger partial charge in [-0.05, 0) is 23.5 Å². The van der Waals surface area contributed by atoms with Crippen molar-refractivity contribution in [2.24, 2.45) is 5.41 Å². The molecule has 2 heterocycles. The lowest BCUT2D eigenvalue weighted by molar-refractivity contribution is -0.137. The third-order valence-electron chi connectivity index (χ3n) is 3.91. The monoisotopic (exact) mass is 275 g/mol. The van der Waals surface area contributed by atoms with Crippen LogP contribution in [0.15, 0.2) is 24.5 Å². The van der Waals surface area contributed by atoms with Crippen molar-refractivity contribution < 1.29 is 4.79 Å². The zero-order chi connectivity index (χ0) is 14.6. The summed E-state index contributed by atoms with van der Waals surface area (Å²) in [6.45, 7) is 9.20. The van der Waals surface area contributed by atoms with Crippen LogP contribution in [0.3, 0.4) is 0 Å². The Bertz CT molecular complexity index is 439. The fourth-order valence-corrected chi connectivity index (χ4v) is 2.72. The summed E-state index contributed by atoms with van der Waals surface area (Å²) < 4.78 is 0. The predicted molar refractivity (Wildman–Crippen MR) is 80.4 cm³/mol. The number of amides is 1. The van der Waals surface area contributed by atoms with E-state index in [1.807, 2.05) is 18.3 Å². The molecule has 1 atom stereocenters. The van der Waals surface area contributed by atoms with Crippen LogP contribution in [-0.4, -0.2) is 41.5 Å². The Labute approximate surface area is 121 Å². The quantitative estimate of drug-likeness (QED) is 0.916. The number of nitrogens with zero attached hydrogens (tertiary/aromatic N) is 2. The lowest BCUT2D eigenvalue weighted by atomic mass is 9.84. The highest BCUT2D eigenvalue weighted by Gasteiger charge is 2.34. The Balaban J connectivity index is 1.96. The molecule has 1 saturated heterocycles. The number of carbonyl (C=O) groups is 1. The third kappa shape index (κ3) is 3.79. The van der Waals surface area contributed by atoms with E-state index in [1.54, 1.807) is 6.20 Å². The summed E-state index contributed by atoms with van der Waals surface area (Å²) in [7, 11) is 0. The number of carbonyl (C=O) groups excluding carboxylic acids is 1. The smallest absolute Gasteiger partial charge is 0.223 e. The second kappa shape index (κ2) is 6.35. The maximum absolute atomic E-state index is 12.5. The molecule has 1 fully saturated rings. The number of nitrogens with one attached hydrogen (secondary N) is 1. The van der Waals surface area contributed by atoms with Gasteiger partial charge in [0.25, 0.3) is 0 Å². The van der Waals surface area contributed by atoms with Crippen molar-refractivity contribution in [3.8, 4) is 0 Å². The lowest BCUT2D eigenvalue weighted by Gasteiger charge is -2.43. The molecule has 1 aliphatic rings. The van der Waals surface area contributed by atoms with Crippen molar-refractivity contribution >= 4 is 5.91 Å². The van der Waals surface area contributed by atoms with Crippen LogP contribution < -0.4 is 5.32 Å². The van der Waals surface area contributed by atoms with Crippen molar-refractivity contribution in [2.45, 2.75) is 39.7 Å². The van der Waals surface area contributed by atoms with Gasteiger partial charge in [-0.25, -0.2) is 0 Å². The van der Waals surface area contributed by atoms with Gasteiger partial charge in [0.15, 0.2) is 0 Å². The van der Waals surface area contributed by atoms with E-state index >= 15 is 0 Å². The number of piperazine rings is 1. The van der Waals surface area contributed by atoms with Crippen LogP contribution in [0.1, 0.15) is 32.8 Å². The van der Waals surface area contributed by atoms with E-state index in [4.69, 9.17) is 0 Å². The third-order valence-corrected chi connectivity index (χ3v) is 3.91. The van der Waals surface area contributed by atoms with E-state index in [0.717, 1.165) is 31.6 Å². The molecule has 0 spiro atoms. The van der Waals surface area contributed by atoms with Crippen molar-refractivity contribution in [3.05, 3.63) is 30.1 Å². The number of hydrogen-bond donors (Lipinski definition) is 1. The summed E-state index contributed by atoms with van der Waals surface area (Å²) in [5.41, 5.74) is 1.24. The second-order valence-electron chi connectivity index (χ2n) is 6.53. The first-order valence-electron chi connectivity index (χ1n) is 7.37. The Kier molecular flexibility index (Phi) is 4.76. The molecule has 0 saturated carbocycles. The van der Waals surface area contributed by atoms with Crippen LogP contribution in [0, 0.1) is 5.41 Å². The molecule has 1 aliphatic heterocycles. The Morgan fingerprint density at radius 1 is 1.50 bits per heavy atom. The second-order valence-corrected chi connectivity index (χ2v) is 6.53. The normalized spacial score (nSPS) is 19.9. The first-order chi connectivity index (χ1) is 9.48. The van der Waals surface area contributed by atoms with Gasteiger partial charge in [0.05, 0.1) is 0 Å². The minimum absolute atomic E-state index is 0.109. The van der Waals surface area contributed by atoms with Gasteiger partial charge in [-0.1, -0.05) is 26.8 Å². The first kappa shape index (κ1) is 15.0. The van der Waals surface area contributed by atoms with E-state index in [2.05, 4.69) is 36.0 Å². The highest BCUT2D eigenvalue weighted by Crippen LogP contribution is 2.26. The predicted octanol–water partition coefficient (Wildman–Crippen LogP) is 1.86. The molecule has 1 aromatic rings. The summed E-state index contributed by atoms with van der Waals surface area (Å²) in [6.07, 6.45) is 4.94. The minimum atomic E-state index is 0.109. The molecular weight excluding hydrogens is 250 g/mol. The van der Waals surface area contributed by atoms with Crippen LogP contribution in [-0.2, 0) is 11.2 Å². The summed E-state index contributed by atoms with van der Waals surface area (Å²) in [5, 5.41) is 3.40. The van der Waals surface area contributed by atoms with Gasteiger partial charge < -0.3 is 10.2 Å². The van der Waals surface area contributed by atoms with Gasteiger partial charge in [0, 0.05) is 44.5 Å². The number of hydrogen-bond acceptors (Lipinski definition) is 3. The Morgan fingerprint density at radius 2 is 2.30 bits per heavy atom. The molecule has 0 bridgehead atoms. The van der Waals surface area contributed by atoms with E-state index in [1.165, 1.54) is 0 Å². The average Bonchev–Trinajstić information content (AvgIpc) is 2.45. The molecule has 4 heteroatoms. The van der Waals surface area contributed by atoms with Gasteiger partial charge in [0.2, 0.25) is 5.91 Å². The minimum Gasteiger partial charge on any atom is -0.337 e. The van der Waals surface area contributed by atoms with E-state index in [9.17, 15) is 4.79 Å². The topological polar surface area (TPSA) is 45.2 Å². The van der Waals surface area contributed by atoms with E-state index < -0.39 is 0 Å². The molecule has 110 valence electrons. The van der Waals surface area contributed by atoms with Crippen molar-refractivity contribution in [1.82, 2.24) is 15.2 Å². The molecular formula is C16H25N3O. The summed E-state index contributed by atoms with van der Waals surface area (Å²) in [6, 6.07) is 4.22. The Hall–Kier alpha value is -1.42. The SMILES string of the molecule is CC(C)(C)C1CNCCN1C(=O)CCc1cccnc1.